The van der Waals surface area contributed by atoms with Gasteiger partial charge in [0.2, 0.25) is 5.78 Å². The van der Waals surface area contributed by atoms with Gasteiger partial charge < -0.3 is 0 Å². The minimum absolute atomic E-state index is 0.137. The van der Waals surface area contributed by atoms with Gasteiger partial charge in [-0.25, -0.2) is 0 Å². The summed E-state index contributed by atoms with van der Waals surface area (Å²) in [5.41, 5.74) is -0.558. The topological polar surface area (TPSA) is 17.1 Å². The standard InChI is InChI=1S/C15H13F9O/c1-8(2)7-9-3-5-10(6-4-9)11(25)12(16,17)13(18,19)14(20,21)15(22,23)24/h3-6,8H,7H2,1-2H3. The second kappa shape index (κ2) is 6.53. The molecule has 142 valence electrons. The van der Waals surface area contributed by atoms with Gasteiger partial charge >= 0.3 is 23.9 Å². The zero-order valence-corrected chi connectivity index (χ0v) is 12.9. The number of carbonyl (C=O) groups excluding carboxylic acids is 1. The van der Waals surface area contributed by atoms with Crippen LogP contribution in [0.25, 0.3) is 0 Å². The lowest BCUT2D eigenvalue weighted by molar-refractivity contribution is -0.386. The van der Waals surface area contributed by atoms with E-state index < -0.39 is 35.3 Å². The Balaban J connectivity index is 3.22. The number of hydrogen-bond donors (Lipinski definition) is 0. The van der Waals surface area contributed by atoms with Gasteiger partial charge in [-0.3, -0.25) is 4.79 Å². The second-order valence-corrected chi connectivity index (χ2v) is 5.84. The summed E-state index contributed by atoms with van der Waals surface area (Å²) < 4.78 is 115. The van der Waals surface area contributed by atoms with Gasteiger partial charge in [-0.15, -0.1) is 0 Å². The fourth-order valence-electron chi connectivity index (χ4n) is 1.96. The highest BCUT2D eigenvalue weighted by Crippen LogP contribution is 2.53. The van der Waals surface area contributed by atoms with Gasteiger partial charge in [-0.1, -0.05) is 38.1 Å². The molecule has 0 amide bonds. The summed E-state index contributed by atoms with van der Waals surface area (Å²) in [6, 6.07) is 3.61. The fourth-order valence-corrected chi connectivity index (χ4v) is 1.96. The van der Waals surface area contributed by atoms with Gasteiger partial charge in [-0.2, -0.15) is 39.5 Å². The Morgan fingerprint density at radius 1 is 0.840 bits per heavy atom. The average Bonchev–Trinajstić information content (AvgIpc) is 2.45. The molecule has 0 aliphatic rings. The molecular weight excluding hydrogens is 367 g/mol. The van der Waals surface area contributed by atoms with E-state index in [0.717, 1.165) is 12.1 Å². The molecule has 0 aliphatic carbocycles. The minimum atomic E-state index is -7.09. The number of ketones is 1. The molecule has 1 nitrogen and oxygen atoms in total. The molecule has 0 aromatic heterocycles. The molecule has 0 saturated carbocycles. The largest absolute Gasteiger partial charge is 0.460 e. The van der Waals surface area contributed by atoms with Gasteiger partial charge in [-0.05, 0) is 17.9 Å². The number of carbonyl (C=O) groups is 1. The molecule has 25 heavy (non-hydrogen) atoms. The maximum Gasteiger partial charge on any atom is 0.460 e. The summed E-state index contributed by atoms with van der Waals surface area (Å²) >= 11 is 0. The molecule has 0 saturated heterocycles. The first-order valence-corrected chi connectivity index (χ1v) is 6.89. The normalized spacial score (nSPS) is 14.1. The monoisotopic (exact) mass is 380 g/mol. The first-order chi connectivity index (χ1) is 11.1. The van der Waals surface area contributed by atoms with Crippen molar-refractivity contribution in [1.82, 2.24) is 0 Å². The molecule has 1 rings (SSSR count). The SMILES string of the molecule is CC(C)Cc1ccc(C(=O)C(F)(F)C(F)(F)C(F)(F)C(F)(F)F)cc1. The van der Waals surface area contributed by atoms with Crippen molar-refractivity contribution in [2.45, 2.75) is 44.2 Å². The van der Waals surface area contributed by atoms with Crippen molar-refractivity contribution in [3.05, 3.63) is 35.4 Å². The predicted octanol–water partition coefficient (Wildman–Crippen LogP) is 5.54. The molecule has 0 unspecified atom stereocenters. The van der Waals surface area contributed by atoms with Gasteiger partial charge in [0.15, 0.2) is 0 Å². The molecule has 0 spiro atoms. The molecule has 1 aromatic rings. The van der Waals surface area contributed by atoms with Crippen LogP contribution in [-0.4, -0.2) is 29.7 Å². The lowest BCUT2D eigenvalue weighted by Gasteiger charge is -2.32. The molecule has 0 bridgehead atoms. The first-order valence-electron chi connectivity index (χ1n) is 6.89. The van der Waals surface area contributed by atoms with E-state index in [-0.39, 0.29) is 5.92 Å². The Bertz CT molecular complexity index is 615. The zero-order chi connectivity index (χ0) is 19.8. The first kappa shape index (κ1) is 21.3. The maximum absolute atomic E-state index is 13.5. The number of rotatable bonds is 6. The van der Waals surface area contributed by atoms with Crippen LogP contribution < -0.4 is 0 Å². The quantitative estimate of drug-likeness (QED) is 0.468. The van der Waals surface area contributed by atoms with Gasteiger partial charge in [0.05, 0.1) is 0 Å². The van der Waals surface area contributed by atoms with Crippen LogP contribution in [0.1, 0.15) is 29.8 Å². The van der Waals surface area contributed by atoms with Gasteiger partial charge in [0.25, 0.3) is 0 Å². The molecule has 0 fully saturated rings. The van der Waals surface area contributed by atoms with Crippen molar-refractivity contribution in [1.29, 1.82) is 0 Å². The molecule has 10 heteroatoms. The summed E-state index contributed by atoms with van der Waals surface area (Å²) in [6.45, 7) is 3.62. The van der Waals surface area contributed by atoms with Crippen LogP contribution in [0.3, 0.4) is 0 Å². The van der Waals surface area contributed by atoms with Crippen LogP contribution in [-0.2, 0) is 6.42 Å². The fraction of sp³-hybridized carbons (Fsp3) is 0.533. The summed E-state index contributed by atoms with van der Waals surface area (Å²) in [5.74, 6) is -23.0. The van der Waals surface area contributed by atoms with Crippen LogP contribution in [0, 0.1) is 5.92 Å². The average molecular weight is 380 g/mol. The van der Waals surface area contributed by atoms with Crippen molar-refractivity contribution in [3.8, 4) is 0 Å². The predicted molar refractivity (Wildman–Crippen MR) is 70.2 cm³/mol. The van der Waals surface area contributed by atoms with E-state index >= 15 is 0 Å². The number of hydrogen-bond acceptors (Lipinski definition) is 1. The van der Waals surface area contributed by atoms with Gasteiger partial charge in [0, 0.05) is 5.56 Å². The van der Waals surface area contributed by atoms with Crippen molar-refractivity contribution in [2.24, 2.45) is 5.92 Å². The van der Waals surface area contributed by atoms with E-state index in [1.54, 1.807) is 0 Å². The minimum Gasteiger partial charge on any atom is -0.287 e. The van der Waals surface area contributed by atoms with Crippen LogP contribution in [0.2, 0.25) is 0 Å². The van der Waals surface area contributed by atoms with Crippen molar-refractivity contribution < 1.29 is 44.3 Å². The Morgan fingerprint density at radius 2 is 1.28 bits per heavy atom. The second-order valence-electron chi connectivity index (χ2n) is 5.84. The Kier molecular flexibility index (Phi) is 5.56. The van der Waals surface area contributed by atoms with Crippen LogP contribution >= 0.6 is 0 Å². The Labute approximate surface area is 136 Å². The summed E-state index contributed by atoms with van der Waals surface area (Å²) in [5, 5.41) is 0. The zero-order valence-electron chi connectivity index (χ0n) is 12.9. The number of benzene rings is 1. The Hall–Kier alpha value is -1.74. The van der Waals surface area contributed by atoms with E-state index in [1.165, 1.54) is 0 Å². The third-order valence-corrected chi connectivity index (χ3v) is 3.29. The van der Waals surface area contributed by atoms with Crippen molar-refractivity contribution in [2.75, 3.05) is 0 Å². The third kappa shape index (κ3) is 3.77. The summed E-state index contributed by atoms with van der Waals surface area (Å²) in [4.78, 5) is 11.5. The van der Waals surface area contributed by atoms with Crippen LogP contribution in [0.4, 0.5) is 39.5 Å². The lowest BCUT2D eigenvalue weighted by atomic mass is 9.94. The van der Waals surface area contributed by atoms with E-state index in [4.69, 9.17) is 0 Å². The van der Waals surface area contributed by atoms with Crippen molar-refractivity contribution >= 4 is 5.78 Å². The summed E-state index contributed by atoms with van der Waals surface area (Å²) in [6.07, 6.45) is -6.51. The highest BCUT2D eigenvalue weighted by Gasteiger charge is 2.83. The molecular formula is C15H13F9O. The Morgan fingerprint density at radius 3 is 1.64 bits per heavy atom. The molecule has 0 radical (unpaired) electrons. The molecule has 0 heterocycles. The molecule has 0 atom stereocenters. The number of Topliss-reactive ketones (excluding diaryl/α,β-unsaturated/α-hetero) is 1. The summed E-state index contributed by atoms with van der Waals surface area (Å²) in [7, 11) is 0. The highest BCUT2D eigenvalue weighted by atomic mass is 19.4. The molecule has 1 aromatic carbocycles. The third-order valence-electron chi connectivity index (χ3n) is 3.29. The van der Waals surface area contributed by atoms with Crippen LogP contribution in [0.15, 0.2) is 24.3 Å². The van der Waals surface area contributed by atoms with Crippen molar-refractivity contribution in [3.63, 3.8) is 0 Å². The number of halogens is 9. The number of alkyl halides is 9. The van der Waals surface area contributed by atoms with E-state index in [0.29, 0.717) is 24.1 Å². The molecule has 0 aliphatic heterocycles. The smallest absolute Gasteiger partial charge is 0.287 e. The van der Waals surface area contributed by atoms with E-state index in [9.17, 15) is 44.3 Å². The van der Waals surface area contributed by atoms with E-state index in [1.807, 2.05) is 13.8 Å². The highest BCUT2D eigenvalue weighted by molar-refractivity contribution is 6.02. The lowest BCUT2D eigenvalue weighted by Crippen LogP contribution is -2.63. The van der Waals surface area contributed by atoms with Crippen LogP contribution in [0.5, 0.6) is 0 Å². The molecule has 0 N–H and O–H groups in total. The maximum atomic E-state index is 13.5. The van der Waals surface area contributed by atoms with E-state index in [2.05, 4.69) is 0 Å². The van der Waals surface area contributed by atoms with Gasteiger partial charge in [0.1, 0.15) is 0 Å².